The standard InChI is InChI=1S/C18H26F2N4/c1-2-24-9-3-4-14(24)11-22-17(21)23-12-18(7-8-18)15-6-5-13(19)10-16(15)20/h5-6,10,14H,2-4,7-9,11-12H2,1H3,(H3,21,22,23). The van der Waals surface area contributed by atoms with Gasteiger partial charge >= 0.3 is 0 Å². The largest absolute Gasteiger partial charge is 0.370 e. The highest BCUT2D eigenvalue weighted by Crippen LogP contribution is 2.49. The Morgan fingerprint density at radius 2 is 2.21 bits per heavy atom. The Labute approximate surface area is 142 Å². The van der Waals surface area contributed by atoms with Crippen molar-refractivity contribution in [2.75, 3.05) is 26.2 Å². The van der Waals surface area contributed by atoms with Gasteiger partial charge in [-0.05, 0) is 50.4 Å². The molecule has 2 aliphatic rings. The summed E-state index contributed by atoms with van der Waals surface area (Å²) < 4.78 is 27.1. The van der Waals surface area contributed by atoms with Crippen LogP contribution in [0, 0.1) is 11.6 Å². The van der Waals surface area contributed by atoms with Gasteiger partial charge in [-0.2, -0.15) is 0 Å². The quantitative estimate of drug-likeness (QED) is 0.619. The highest BCUT2D eigenvalue weighted by Gasteiger charge is 2.46. The first-order valence-corrected chi connectivity index (χ1v) is 8.77. The molecule has 6 heteroatoms. The van der Waals surface area contributed by atoms with Gasteiger partial charge in [-0.25, -0.2) is 8.78 Å². The lowest BCUT2D eigenvalue weighted by Gasteiger charge is -2.23. The van der Waals surface area contributed by atoms with E-state index in [1.807, 2.05) is 0 Å². The molecule has 1 saturated carbocycles. The number of likely N-dealkylation sites (N-methyl/N-ethyl adjacent to an activating group) is 1. The molecule has 3 N–H and O–H groups in total. The van der Waals surface area contributed by atoms with E-state index >= 15 is 0 Å². The van der Waals surface area contributed by atoms with Crippen LogP contribution in [0.4, 0.5) is 8.78 Å². The molecule has 0 bridgehead atoms. The lowest BCUT2D eigenvalue weighted by Crippen LogP contribution is -2.43. The first-order chi connectivity index (χ1) is 11.5. The van der Waals surface area contributed by atoms with Crippen molar-refractivity contribution in [3.05, 3.63) is 35.4 Å². The average molecular weight is 336 g/mol. The van der Waals surface area contributed by atoms with E-state index in [4.69, 9.17) is 5.73 Å². The van der Waals surface area contributed by atoms with Crippen LogP contribution >= 0.6 is 0 Å². The van der Waals surface area contributed by atoms with Crippen molar-refractivity contribution in [1.82, 2.24) is 10.2 Å². The number of guanidine groups is 1. The maximum Gasteiger partial charge on any atom is 0.188 e. The zero-order valence-corrected chi connectivity index (χ0v) is 14.2. The van der Waals surface area contributed by atoms with Crippen LogP contribution in [0.25, 0.3) is 0 Å². The summed E-state index contributed by atoms with van der Waals surface area (Å²) in [6.07, 6.45) is 4.13. The van der Waals surface area contributed by atoms with Gasteiger partial charge in [0.15, 0.2) is 5.96 Å². The van der Waals surface area contributed by atoms with Crippen molar-refractivity contribution in [2.45, 2.75) is 44.1 Å². The SMILES string of the molecule is CCN1CCCC1CNC(N)=NCC1(c2ccc(F)cc2F)CC1. The average Bonchev–Trinajstić information content (AvgIpc) is 3.20. The van der Waals surface area contributed by atoms with Crippen molar-refractivity contribution in [3.8, 4) is 0 Å². The number of hydrogen-bond acceptors (Lipinski definition) is 2. The van der Waals surface area contributed by atoms with E-state index in [0.29, 0.717) is 24.1 Å². The molecule has 1 aliphatic heterocycles. The second-order valence-corrected chi connectivity index (χ2v) is 6.91. The Bertz CT molecular complexity index is 613. The fraction of sp³-hybridized carbons (Fsp3) is 0.611. The van der Waals surface area contributed by atoms with E-state index < -0.39 is 11.6 Å². The van der Waals surface area contributed by atoms with Crippen molar-refractivity contribution in [1.29, 1.82) is 0 Å². The number of aliphatic imine (C=N–C) groups is 1. The van der Waals surface area contributed by atoms with Gasteiger partial charge in [0.1, 0.15) is 11.6 Å². The first-order valence-electron chi connectivity index (χ1n) is 8.77. The number of halogens is 2. The molecule has 1 saturated heterocycles. The molecule has 132 valence electrons. The topological polar surface area (TPSA) is 53.6 Å². The number of likely N-dealkylation sites (tertiary alicyclic amines) is 1. The molecule has 0 amide bonds. The fourth-order valence-corrected chi connectivity index (χ4v) is 3.64. The molecular weight excluding hydrogens is 310 g/mol. The second kappa shape index (κ2) is 7.05. The minimum Gasteiger partial charge on any atom is -0.370 e. The molecule has 0 radical (unpaired) electrons. The Morgan fingerprint density at radius 1 is 1.42 bits per heavy atom. The molecule has 3 rings (SSSR count). The summed E-state index contributed by atoms with van der Waals surface area (Å²) in [5.74, 6) is -0.626. The van der Waals surface area contributed by atoms with E-state index in [9.17, 15) is 8.78 Å². The van der Waals surface area contributed by atoms with E-state index in [0.717, 1.165) is 38.5 Å². The number of hydrogen-bond donors (Lipinski definition) is 2. The zero-order valence-electron chi connectivity index (χ0n) is 14.2. The highest BCUT2D eigenvalue weighted by atomic mass is 19.1. The van der Waals surface area contributed by atoms with Gasteiger partial charge in [0.05, 0.1) is 6.54 Å². The first kappa shape index (κ1) is 17.1. The number of rotatable bonds is 6. The molecule has 1 unspecified atom stereocenters. The Balaban J connectivity index is 1.56. The normalized spacial score (nSPS) is 23.5. The summed E-state index contributed by atoms with van der Waals surface area (Å²) in [4.78, 5) is 6.86. The minimum absolute atomic E-state index is 0.313. The summed E-state index contributed by atoms with van der Waals surface area (Å²) in [5.41, 5.74) is 6.22. The van der Waals surface area contributed by atoms with Gasteiger partial charge in [0, 0.05) is 24.1 Å². The molecule has 24 heavy (non-hydrogen) atoms. The second-order valence-electron chi connectivity index (χ2n) is 6.91. The van der Waals surface area contributed by atoms with E-state index in [1.165, 1.54) is 25.0 Å². The van der Waals surface area contributed by atoms with Crippen LogP contribution in [-0.4, -0.2) is 43.1 Å². The number of benzene rings is 1. The maximum atomic E-state index is 14.0. The molecule has 1 heterocycles. The van der Waals surface area contributed by atoms with Crippen LogP contribution in [0.3, 0.4) is 0 Å². The predicted octanol–water partition coefficient (Wildman–Crippen LogP) is 2.39. The predicted molar refractivity (Wildman–Crippen MR) is 92.0 cm³/mol. The van der Waals surface area contributed by atoms with Crippen molar-refractivity contribution in [2.24, 2.45) is 10.7 Å². The monoisotopic (exact) mass is 336 g/mol. The van der Waals surface area contributed by atoms with Gasteiger partial charge in [-0.3, -0.25) is 9.89 Å². The minimum atomic E-state index is -0.547. The number of nitrogens with one attached hydrogen (secondary N) is 1. The van der Waals surface area contributed by atoms with Gasteiger partial charge < -0.3 is 11.1 Å². The number of nitrogens with zero attached hydrogens (tertiary/aromatic N) is 2. The third-order valence-corrected chi connectivity index (χ3v) is 5.33. The van der Waals surface area contributed by atoms with E-state index in [-0.39, 0.29) is 5.41 Å². The summed E-state index contributed by atoms with van der Waals surface area (Å²) in [6.45, 7) is 5.60. The summed E-state index contributed by atoms with van der Waals surface area (Å²) in [5, 5.41) is 3.20. The molecule has 2 fully saturated rings. The van der Waals surface area contributed by atoms with Gasteiger partial charge in [0.25, 0.3) is 0 Å². The lowest BCUT2D eigenvalue weighted by atomic mass is 9.95. The van der Waals surface area contributed by atoms with Crippen LogP contribution in [0.5, 0.6) is 0 Å². The molecule has 0 spiro atoms. The van der Waals surface area contributed by atoms with Crippen LogP contribution in [0.15, 0.2) is 23.2 Å². The Morgan fingerprint density at radius 3 is 2.88 bits per heavy atom. The van der Waals surface area contributed by atoms with Crippen LogP contribution in [0.2, 0.25) is 0 Å². The van der Waals surface area contributed by atoms with Crippen molar-refractivity contribution in [3.63, 3.8) is 0 Å². The Hall–Kier alpha value is -1.69. The van der Waals surface area contributed by atoms with Crippen molar-refractivity contribution < 1.29 is 8.78 Å². The molecule has 1 aromatic rings. The van der Waals surface area contributed by atoms with Gasteiger partial charge in [-0.1, -0.05) is 13.0 Å². The van der Waals surface area contributed by atoms with Crippen LogP contribution < -0.4 is 11.1 Å². The summed E-state index contributed by atoms with van der Waals surface area (Å²) >= 11 is 0. The third kappa shape index (κ3) is 3.69. The van der Waals surface area contributed by atoms with Gasteiger partial charge in [-0.15, -0.1) is 0 Å². The summed E-state index contributed by atoms with van der Waals surface area (Å²) in [7, 11) is 0. The molecule has 1 aliphatic carbocycles. The molecular formula is C18H26F2N4. The van der Waals surface area contributed by atoms with E-state index in [2.05, 4.69) is 22.1 Å². The number of nitrogens with two attached hydrogens (primary N) is 1. The third-order valence-electron chi connectivity index (χ3n) is 5.33. The molecule has 1 aromatic carbocycles. The van der Waals surface area contributed by atoms with Crippen LogP contribution in [0.1, 0.15) is 38.2 Å². The smallest absolute Gasteiger partial charge is 0.188 e. The van der Waals surface area contributed by atoms with E-state index in [1.54, 1.807) is 0 Å². The van der Waals surface area contributed by atoms with Crippen molar-refractivity contribution >= 4 is 5.96 Å². The van der Waals surface area contributed by atoms with Gasteiger partial charge in [0.2, 0.25) is 0 Å². The zero-order chi connectivity index (χ0) is 17.2. The molecule has 4 nitrogen and oxygen atoms in total. The summed E-state index contributed by atoms with van der Waals surface area (Å²) in [6, 6.07) is 4.30. The van der Waals surface area contributed by atoms with Crippen LogP contribution in [-0.2, 0) is 5.41 Å². The highest BCUT2D eigenvalue weighted by molar-refractivity contribution is 5.78. The Kier molecular flexibility index (Phi) is 5.04. The lowest BCUT2D eigenvalue weighted by molar-refractivity contribution is 0.267. The fourth-order valence-electron chi connectivity index (χ4n) is 3.64. The maximum absolute atomic E-state index is 14.0. The molecule has 0 aromatic heterocycles. The molecule has 1 atom stereocenters.